The van der Waals surface area contributed by atoms with Crippen LogP contribution in [0.2, 0.25) is 0 Å². The van der Waals surface area contributed by atoms with Gasteiger partial charge in [-0.05, 0) is 23.8 Å². The molecule has 0 N–H and O–H groups in total. The van der Waals surface area contributed by atoms with Gasteiger partial charge in [0.15, 0.2) is 11.5 Å². The summed E-state index contributed by atoms with van der Waals surface area (Å²) in [6.07, 6.45) is 3.52. The molecule has 1 fully saturated rings. The van der Waals surface area contributed by atoms with Gasteiger partial charge in [-0.3, -0.25) is 14.3 Å². The normalized spacial score (nSPS) is 17.3. The summed E-state index contributed by atoms with van der Waals surface area (Å²) < 4.78 is 12.4. The number of rotatable bonds is 5. The second-order valence-corrected chi connectivity index (χ2v) is 6.89. The van der Waals surface area contributed by atoms with E-state index in [4.69, 9.17) is 9.47 Å². The van der Waals surface area contributed by atoms with Gasteiger partial charge < -0.3 is 19.3 Å². The molecule has 8 heteroatoms. The fraction of sp³-hybridized carbons (Fsp3) is 0.421. The highest BCUT2D eigenvalue weighted by Crippen LogP contribution is 2.32. The number of aromatic nitrogens is 2. The summed E-state index contributed by atoms with van der Waals surface area (Å²) in [5.74, 6) is 1.16. The molecule has 1 unspecified atom stereocenters. The van der Waals surface area contributed by atoms with Crippen molar-refractivity contribution in [3.63, 3.8) is 0 Å². The van der Waals surface area contributed by atoms with E-state index in [1.165, 1.54) is 0 Å². The lowest BCUT2D eigenvalue weighted by molar-refractivity contribution is -0.148. The van der Waals surface area contributed by atoms with E-state index in [0.29, 0.717) is 31.9 Å². The fourth-order valence-electron chi connectivity index (χ4n) is 3.40. The van der Waals surface area contributed by atoms with Gasteiger partial charge in [-0.25, -0.2) is 0 Å². The Morgan fingerprint density at radius 2 is 2.11 bits per heavy atom. The smallest absolute Gasteiger partial charge is 0.242 e. The number of hydrogen-bond donors (Lipinski definition) is 0. The zero-order chi connectivity index (χ0) is 18.8. The van der Waals surface area contributed by atoms with Gasteiger partial charge in [0.2, 0.25) is 18.6 Å². The van der Waals surface area contributed by atoms with Crippen molar-refractivity contribution in [1.29, 1.82) is 0 Å². The molecule has 2 aliphatic heterocycles. The summed E-state index contributed by atoms with van der Waals surface area (Å²) in [5, 5.41) is 4.13. The highest BCUT2D eigenvalue weighted by molar-refractivity contribution is 5.87. The van der Waals surface area contributed by atoms with Crippen LogP contribution in [0.5, 0.6) is 11.5 Å². The molecule has 8 nitrogen and oxygen atoms in total. The van der Waals surface area contributed by atoms with Crippen LogP contribution in [0.25, 0.3) is 0 Å². The van der Waals surface area contributed by atoms with Gasteiger partial charge in [0, 0.05) is 32.0 Å². The van der Waals surface area contributed by atoms with Crippen LogP contribution in [-0.2, 0) is 22.7 Å². The van der Waals surface area contributed by atoms with Gasteiger partial charge in [-0.1, -0.05) is 13.0 Å². The van der Waals surface area contributed by atoms with Crippen LogP contribution >= 0.6 is 0 Å². The largest absolute Gasteiger partial charge is 0.454 e. The standard InChI is InChI=1S/C19H22N4O4/c1-14(10-23-6-2-5-20-23)19(25)22-8-7-21(18(24)12-22)11-15-3-4-16-17(9-15)27-13-26-16/h2-6,9,14H,7-8,10-13H2,1H3. The van der Waals surface area contributed by atoms with E-state index in [-0.39, 0.29) is 31.1 Å². The van der Waals surface area contributed by atoms with Gasteiger partial charge in [0.05, 0.1) is 19.0 Å². The van der Waals surface area contributed by atoms with E-state index < -0.39 is 0 Å². The van der Waals surface area contributed by atoms with Crippen molar-refractivity contribution < 1.29 is 19.1 Å². The molecule has 27 heavy (non-hydrogen) atoms. The Morgan fingerprint density at radius 3 is 2.89 bits per heavy atom. The summed E-state index contributed by atoms with van der Waals surface area (Å²) >= 11 is 0. The second-order valence-electron chi connectivity index (χ2n) is 6.89. The van der Waals surface area contributed by atoms with Crippen LogP contribution in [0.3, 0.4) is 0 Å². The quantitative estimate of drug-likeness (QED) is 0.788. The first-order valence-corrected chi connectivity index (χ1v) is 9.02. The molecule has 0 spiro atoms. The molecular formula is C19H22N4O4. The van der Waals surface area contributed by atoms with Crippen molar-refractivity contribution in [3.05, 3.63) is 42.2 Å². The molecule has 3 heterocycles. The second kappa shape index (κ2) is 7.30. The number of nitrogens with zero attached hydrogens (tertiary/aromatic N) is 4. The molecule has 0 saturated carbocycles. The maximum absolute atomic E-state index is 12.6. The predicted octanol–water partition coefficient (Wildman–Crippen LogP) is 1.12. The molecular weight excluding hydrogens is 348 g/mol. The van der Waals surface area contributed by atoms with Crippen molar-refractivity contribution >= 4 is 11.8 Å². The summed E-state index contributed by atoms with van der Waals surface area (Å²) in [6.45, 7) is 4.29. The molecule has 1 aromatic carbocycles. The number of carbonyl (C=O) groups excluding carboxylic acids is 2. The maximum Gasteiger partial charge on any atom is 0.242 e. The van der Waals surface area contributed by atoms with Crippen LogP contribution in [0, 0.1) is 5.92 Å². The van der Waals surface area contributed by atoms with Gasteiger partial charge >= 0.3 is 0 Å². The van der Waals surface area contributed by atoms with E-state index in [1.54, 1.807) is 20.7 Å². The van der Waals surface area contributed by atoms with Crippen LogP contribution in [0.15, 0.2) is 36.7 Å². The topological polar surface area (TPSA) is 76.9 Å². The van der Waals surface area contributed by atoms with Crippen molar-refractivity contribution in [3.8, 4) is 11.5 Å². The minimum Gasteiger partial charge on any atom is -0.454 e. The van der Waals surface area contributed by atoms with E-state index in [1.807, 2.05) is 37.4 Å². The Bertz CT molecular complexity index is 836. The molecule has 0 radical (unpaired) electrons. The third-order valence-electron chi connectivity index (χ3n) is 4.88. The molecule has 1 saturated heterocycles. The average Bonchev–Trinajstić information content (AvgIpc) is 3.34. The Hall–Kier alpha value is -3.03. The number of ether oxygens (including phenoxy) is 2. The monoisotopic (exact) mass is 370 g/mol. The van der Waals surface area contributed by atoms with E-state index in [2.05, 4.69) is 5.10 Å². The zero-order valence-electron chi connectivity index (χ0n) is 15.2. The number of carbonyl (C=O) groups is 2. The predicted molar refractivity (Wildman–Crippen MR) is 96.0 cm³/mol. The summed E-state index contributed by atoms with van der Waals surface area (Å²) in [6, 6.07) is 7.53. The molecule has 4 rings (SSSR count). The summed E-state index contributed by atoms with van der Waals surface area (Å²) in [4.78, 5) is 28.6. The first kappa shape index (κ1) is 17.4. The third kappa shape index (κ3) is 3.74. The first-order valence-electron chi connectivity index (χ1n) is 9.02. The highest BCUT2D eigenvalue weighted by Gasteiger charge is 2.30. The fourth-order valence-corrected chi connectivity index (χ4v) is 3.40. The van der Waals surface area contributed by atoms with Crippen LogP contribution in [0.4, 0.5) is 0 Å². The summed E-state index contributed by atoms with van der Waals surface area (Å²) in [7, 11) is 0. The Labute approximate surface area is 157 Å². The SMILES string of the molecule is CC(Cn1cccn1)C(=O)N1CCN(Cc2ccc3c(c2)OCO3)C(=O)C1. The maximum atomic E-state index is 12.6. The number of benzene rings is 1. The molecule has 2 amide bonds. The van der Waals surface area contributed by atoms with Gasteiger partial charge in [0.1, 0.15) is 0 Å². The minimum absolute atomic E-state index is 0.0124. The van der Waals surface area contributed by atoms with Crippen LogP contribution in [0.1, 0.15) is 12.5 Å². The molecule has 0 aliphatic carbocycles. The van der Waals surface area contributed by atoms with Crippen molar-refractivity contribution in [2.75, 3.05) is 26.4 Å². The van der Waals surface area contributed by atoms with Gasteiger partial charge in [-0.15, -0.1) is 0 Å². The molecule has 0 bridgehead atoms. The third-order valence-corrected chi connectivity index (χ3v) is 4.88. The minimum atomic E-state index is -0.224. The lowest BCUT2D eigenvalue weighted by atomic mass is 10.1. The Morgan fingerprint density at radius 1 is 1.26 bits per heavy atom. The van der Waals surface area contributed by atoms with E-state index >= 15 is 0 Å². The van der Waals surface area contributed by atoms with Crippen LogP contribution in [-0.4, -0.2) is 57.8 Å². The van der Waals surface area contributed by atoms with Crippen LogP contribution < -0.4 is 9.47 Å². The Kier molecular flexibility index (Phi) is 4.70. The van der Waals surface area contributed by atoms with Gasteiger partial charge in [-0.2, -0.15) is 5.10 Å². The van der Waals surface area contributed by atoms with E-state index in [0.717, 1.165) is 11.3 Å². The van der Waals surface area contributed by atoms with Crippen molar-refractivity contribution in [2.45, 2.75) is 20.0 Å². The number of fused-ring (bicyclic) bond motifs is 1. The van der Waals surface area contributed by atoms with Crippen molar-refractivity contribution in [1.82, 2.24) is 19.6 Å². The Balaban J connectivity index is 1.33. The van der Waals surface area contributed by atoms with Gasteiger partial charge in [0.25, 0.3) is 0 Å². The molecule has 2 aromatic rings. The highest BCUT2D eigenvalue weighted by atomic mass is 16.7. The summed E-state index contributed by atoms with van der Waals surface area (Å²) in [5.41, 5.74) is 0.986. The molecule has 2 aliphatic rings. The lowest BCUT2D eigenvalue weighted by Crippen LogP contribution is -2.53. The average molecular weight is 370 g/mol. The molecule has 1 atom stereocenters. The number of amides is 2. The molecule has 142 valence electrons. The number of piperazine rings is 1. The van der Waals surface area contributed by atoms with Crippen molar-refractivity contribution in [2.24, 2.45) is 5.92 Å². The number of hydrogen-bond acceptors (Lipinski definition) is 5. The lowest BCUT2D eigenvalue weighted by Gasteiger charge is -2.35. The first-order chi connectivity index (χ1) is 13.1. The van der Waals surface area contributed by atoms with E-state index in [9.17, 15) is 9.59 Å². The zero-order valence-corrected chi connectivity index (χ0v) is 15.2. The molecule has 1 aromatic heterocycles.